The molecular formula is C14H12ClN3S. The Balaban J connectivity index is 1.87. The molecular weight excluding hydrogens is 278 g/mol. The van der Waals surface area contributed by atoms with Gasteiger partial charge in [0.1, 0.15) is 11.0 Å². The van der Waals surface area contributed by atoms with Crippen LogP contribution in [0.3, 0.4) is 0 Å². The van der Waals surface area contributed by atoms with Crippen LogP contribution in [0.15, 0.2) is 23.6 Å². The zero-order valence-electron chi connectivity index (χ0n) is 10.2. The molecule has 0 amide bonds. The summed E-state index contributed by atoms with van der Waals surface area (Å²) >= 11 is 7.74. The first-order valence-corrected chi connectivity index (χ1v) is 7.42. The molecule has 0 radical (unpaired) electrons. The van der Waals surface area contributed by atoms with Crippen molar-refractivity contribution in [3.8, 4) is 6.07 Å². The van der Waals surface area contributed by atoms with Crippen LogP contribution in [-0.2, 0) is 6.42 Å². The average molecular weight is 290 g/mol. The van der Waals surface area contributed by atoms with E-state index in [4.69, 9.17) is 16.9 Å². The number of fused-ring (bicyclic) bond motifs is 1. The number of pyridine rings is 1. The monoisotopic (exact) mass is 289 g/mol. The topological polar surface area (TPSA) is 48.7 Å². The van der Waals surface area contributed by atoms with E-state index in [1.807, 2.05) is 11.3 Å². The number of nitriles is 1. The largest absolute Gasteiger partial charge is 0.363 e. The first kappa shape index (κ1) is 12.5. The number of nitrogens with zero attached hydrogens (tertiary/aromatic N) is 2. The molecule has 0 aromatic carbocycles. The van der Waals surface area contributed by atoms with Crippen molar-refractivity contribution in [1.82, 2.24) is 4.98 Å². The van der Waals surface area contributed by atoms with Gasteiger partial charge in [-0.2, -0.15) is 5.26 Å². The summed E-state index contributed by atoms with van der Waals surface area (Å²) in [6, 6.07) is 7.86. The van der Waals surface area contributed by atoms with Crippen LogP contribution in [-0.4, -0.2) is 4.98 Å². The summed E-state index contributed by atoms with van der Waals surface area (Å²) in [6.45, 7) is 0. The second-order valence-electron chi connectivity index (χ2n) is 4.56. The van der Waals surface area contributed by atoms with Gasteiger partial charge in [0.05, 0.1) is 17.7 Å². The molecule has 0 bridgehead atoms. The van der Waals surface area contributed by atoms with Crippen LogP contribution in [0.2, 0.25) is 5.15 Å². The molecule has 1 atom stereocenters. The summed E-state index contributed by atoms with van der Waals surface area (Å²) in [4.78, 5) is 5.69. The molecule has 0 aliphatic heterocycles. The number of nitrogens with one attached hydrogen (secondary N) is 1. The van der Waals surface area contributed by atoms with Crippen molar-refractivity contribution in [2.24, 2.45) is 0 Å². The van der Waals surface area contributed by atoms with Crippen LogP contribution in [0, 0.1) is 11.3 Å². The van der Waals surface area contributed by atoms with Crippen molar-refractivity contribution in [2.75, 3.05) is 5.32 Å². The van der Waals surface area contributed by atoms with Crippen LogP contribution >= 0.6 is 22.9 Å². The van der Waals surface area contributed by atoms with Crippen LogP contribution in [0.4, 0.5) is 5.82 Å². The summed E-state index contributed by atoms with van der Waals surface area (Å²) in [6.07, 6.45) is 3.42. The third-order valence-corrected chi connectivity index (χ3v) is 4.49. The van der Waals surface area contributed by atoms with Crippen molar-refractivity contribution in [1.29, 1.82) is 5.26 Å². The molecule has 1 aliphatic rings. The Morgan fingerprint density at radius 3 is 3.21 bits per heavy atom. The van der Waals surface area contributed by atoms with E-state index < -0.39 is 0 Å². The number of aromatic nitrogens is 1. The molecule has 0 spiro atoms. The smallest absolute Gasteiger partial charge is 0.132 e. The maximum atomic E-state index is 8.95. The molecule has 1 unspecified atom stereocenters. The Bertz CT molecular complexity index is 644. The van der Waals surface area contributed by atoms with E-state index in [0.717, 1.165) is 12.8 Å². The lowest BCUT2D eigenvalue weighted by Gasteiger charge is -2.24. The molecule has 0 fully saturated rings. The first-order valence-electron chi connectivity index (χ1n) is 6.17. The fraction of sp³-hybridized carbons (Fsp3) is 0.286. The van der Waals surface area contributed by atoms with E-state index in [0.29, 0.717) is 16.5 Å². The van der Waals surface area contributed by atoms with E-state index in [1.54, 1.807) is 12.1 Å². The number of halogens is 1. The molecule has 19 heavy (non-hydrogen) atoms. The molecule has 96 valence electrons. The highest BCUT2D eigenvalue weighted by Crippen LogP contribution is 2.35. The van der Waals surface area contributed by atoms with Crippen LogP contribution in [0.25, 0.3) is 0 Å². The van der Waals surface area contributed by atoms with Gasteiger partial charge in [0.15, 0.2) is 0 Å². The maximum absolute atomic E-state index is 8.95. The van der Waals surface area contributed by atoms with Crippen molar-refractivity contribution in [3.63, 3.8) is 0 Å². The van der Waals surface area contributed by atoms with Gasteiger partial charge in [0.2, 0.25) is 0 Å². The normalized spacial score (nSPS) is 17.6. The zero-order chi connectivity index (χ0) is 13.2. The van der Waals surface area contributed by atoms with Gasteiger partial charge < -0.3 is 5.32 Å². The van der Waals surface area contributed by atoms with E-state index in [1.165, 1.54) is 16.9 Å². The van der Waals surface area contributed by atoms with Gasteiger partial charge >= 0.3 is 0 Å². The lowest BCUT2D eigenvalue weighted by atomic mass is 9.94. The molecule has 3 nitrogen and oxygen atoms in total. The van der Waals surface area contributed by atoms with Gasteiger partial charge in [-0.05, 0) is 48.4 Å². The van der Waals surface area contributed by atoms with Crippen molar-refractivity contribution in [3.05, 3.63) is 44.7 Å². The predicted molar refractivity (Wildman–Crippen MR) is 77.6 cm³/mol. The number of rotatable bonds is 2. The van der Waals surface area contributed by atoms with Crippen molar-refractivity contribution in [2.45, 2.75) is 25.3 Å². The Hall–Kier alpha value is -1.57. The van der Waals surface area contributed by atoms with E-state index >= 15 is 0 Å². The fourth-order valence-corrected chi connectivity index (χ4v) is 3.65. The Kier molecular flexibility index (Phi) is 3.41. The Morgan fingerprint density at radius 2 is 2.37 bits per heavy atom. The second kappa shape index (κ2) is 5.20. The molecule has 0 saturated carbocycles. The third kappa shape index (κ3) is 2.58. The maximum Gasteiger partial charge on any atom is 0.132 e. The van der Waals surface area contributed by atoms with Crippen LogP contribution in [0.1, 0.15) is 34.9 Å². The number of thiophene rings is 1. The van der Waals surface area contributed by atoms with E-state index in [-0.39, 0.29) is 6.04 Å². The van der Waals surface area contributed by atoms with Crippen LogP contribution in [0.5, 0.6) is 0 Å². The van der Waals surface area contributed by atoms with Gasteiger partial charge in [0, 0.05) is 4.88 Å². The van der Waals surface area contributed by atoms with Crippen molar-refractivity contribution < 1.29 is 0 Å². The minimum absolute atomic E-state index is 0.271. The molecule has 1 N–H and O–H groups in total. The van der Waals surface area contributed by atoms with Gasteiger partial charge in [0.25, 0.3) is 0 Å². The van der Waals surface area contributed by atoms with Gasteiger partial charge in [-0.15, -0.1) is 11.3 Å². The van der Waals surface area contributed by atoms with Crippen LogP contribution < -0.4 is 5.32 Å². The molecule has 2 heterocycles. The predicted octanol–water partition coefficient (Wildman–Crippen LogP) is 4.16. The van der Waals surface area contributed by atoms with Gasteiger partial charge in [-0.25, -0.2) is 4.98 Å². The number of hydrogen-bond donors (Lipinski definition) is 1. The zero-order valence-corrected chi connectivity index (χ0v) is 11.8. The molecule has 1 aliphatic carbocycles. The summed E-state index contributed by atoms with van der Waals surface area (Å²) < 4.78 is 0. The second-order valence-corrected chi connectivity index (χ2v) is 5.95. The minimum atomic E-state index is 0.271. The summed E-state index contributed by atoms with van der Waals surface area (Å²) in [5.74, 6) is 0.674. The molecule has 0 saturated heterocycles. The van der Waals surface area contributed by atoms with Crippen molar-refractivity contribution >= 4 is 28.8 Å². The summed E-state index contributed by atoms with van der Waals surface area (Å²) in [5.41, 5.74) is 1.89. The molecule has 2 aromatic heterocycles. The van der Waals surface area contributed by atoms with Gasteiger partial charge in [-0.1, -0.05) is 11.6 Å². The number of aryl methyl sites for hydroxylation is 1. The lowest BCUT2D eigenvalue weighted by molar-refractivity contribution is 0.607. The minimum Gasteiger partial charge on any atom is -0.363 e. The Morgan fingerprint density at radius 1 is 1.47 bits per heavy atom. The highest BCUT2D eigenvalue weighted by Gasteiger charge is 2.21. The highest BCUT2D eigenvalue weighted by atomic mass is 35.5. The SMILES string of the molecule is N#Cc1cc(Cl)nc(NC2CCCc3sccc32)c1. The van der Waals surface area contributed by atoms with E-state index in [9.17, 15) is 0 Å². The fourth-order valence-electron chi connectivity index (χ4n) is 2.45. The molecule has 5 heteroatoms. The summed E-state index contributed by atoms with van der Waals surface area (Å²) in [7, 11) is 0. The first-order chi connectivity index (χ1) is 9.26. The molecule has 3 rings (SSSR count). The summed E-state index contributed by atoms with van der Waals surface area (Å²) in [5, 5.41) is 14.8. The standard InChI is InChI=1S/C14H12ClN3S/c15-13-6-9(8-16)7-14(18-13)17-11-2-1-3-12-10(11)4-5-19-12/h4-7,11H,1-3H2,(H,17,18). The lowest BCUT2D eigenvalue weighted by Crippen LogP contribution is -2.16. The van der Waals surface area contributed by atoms with Gasteiger partial charge in [-0.3, -0.25) is 0 Å². The Labute approximate surface area is 120 Å². The molecule has 2 aromatic rings. The average Bonchev–Trinajstić information content (AvgIpc) is 2.87. The number of anilines is 1. The van der Waals surface area contributed by atoms with E-state index in [2.05, 4.69) is 27.8 Å². The quantitative estimate of drug-likeness (QED) is 0.845. The highest BCUT2D eigenvalue weighted by molar-refractivity contribution is 7.10. The number of hydrogen-bond acceptors (Lipinski definition) is 4. The third-order valence-electron chi connectivity index (χ3n) is 3.30.